The van der Waals surface area contributed by atoms with Crippen molar-refractivity contribution in [3.63, 3.8) is 0 Å². The van der Waals surface area contributed by atoms with E-state index in [1.807, 2.05) is 53.4 Å². The fourth-order valence-corrected chi connectivity index (χ4v) is 13.7. The number of ether oxygens (including phenoxy) is 11. The van der Waals surface area contributed by atoms with Crippen LogP contribution in [0.2, 0.25) is 5.02 Å². The summed E-state index contributed by atoms with van der Waals surface area (Å²) in [7, 11) is 4.81. The summed E-state index contributed by atoms with van der Waals surface area (Å²) < 4.78 is 65.8. The van der Waals surface area contributed by atoms with Crippen molar-refractivity contribution < 1.29 is 90.5 Å². The first kappa shape index (κ1) is 94.5. The van der Waals surface area contributed by atoms with E-state index < -0.39 is 29.5 Å². The standard InChI is InChI=1S/C83H120ClN17O19/c1-60-52-70(90-67-13-11-66(84)12-14-67)69-53-65(10-15-71(69)101(60)61(2)102)63-6-8-64(9-7-63)80(106)88-24-31-110-34-37-113-40-42-115-44-46-117-48-49-118-47-45-116-43-41-114-38-35-111-32-25-89-82(108)78-94-73(57-97(78)4)92-76(104)19-23-87-81(107)72-54-68(56-96(72)3)91-83(109)79-95-74(58-98(79)5)93-75(103)18-22-86-77(105)59-120-51-50-119-39-36-112-33-30-99-26-28-100(29-27-99)55-62-16-20-85-21-17-62/h6-15,53-54,56-58,60,62,70,85,90H,16-52,55,59H2,1-5H3,(H,86,105)(H,87,107)(H,88,106)(H,89,108)(H,91,109)(H,92,104)(H,93,103)/t60-,70-/m1/s1. The van der Waals surface area contributed by atoms with Gasteiger partial charge in [0.2, 0.25) is 35.3 Å². The minimum atomic E-state index is -0.610. The second-order valence-electron chi connectivity index (χ2n) is 29.1. The van der Waals surface area contributed by atoms with E-state index in [4.69, 9.17) is 63.7 Å². The van der Waals surface area contributed by atoms with Gasteiger partial charge in [0.15, 0.2) is 11.6 Å². The Morgan fingerprint density at radius 2 is 0.942 bits per heavy atom. The zero-order valence-corrected chi connectivity index (χ0v) is 70.4. The maximum absolute atomic E-state index is 13.3. The summed E-state index contributed by atoms with van der Waals surface area (Å²) in [5.41, 5.74) is 5.79. The largest absolute Gasteiger partial charge is 0.378 e. The Hall–Kier alpha value is -9.35. The molecule has 36 nitrogen and oxygen atoms in total. The maximum Gasteiger partial charge on any atom is 0.291 e. The van der Waals surface area contributed by atoms with Gasteiger partial charge in [0.1, 0.15) is 12.3 Å². The molecule has 3 aliphatic rings. The lowest BCUT2D eigenvalue weighted by atomic mass is 9.88. The molecule has 3 aromatic heterocycles. The Kier molecular flexibility index (Phi) is 41.5. The highest BCUT2D eigenvalue weighted by atomic mass is 35.5. The summed E-state index contributed by atoms with van der Waals surface area (Å²) in [5.74, 6) is -1.95. The summed E-state index contributed by atoms with van der Waals surface area (Å²) in [5, 5.41) is 26.7. The molecule has 6 heterocycles. The van der Waals surface area contributed by atoms with E-state index in [1.165, 1.54) is 57.7 Å². The molecule has 0 saturated carbocycles. The van der Waals surface area contributed by atoms with Crippen molar-refractivity contribution >= 4 is 87.6 Å². The molecule has 2 fully saturated rings. The number of piperidine rings is 1. The van der Waals surface area contributed by atoms with Gasteiger partial charge in [-0.15, -0.1) is 0 Å². The van der Waals surface area contributed by atoms with Crippen LogP contribution in [0.4, 0.5) is 28.7 Å². The van der Waals surface area contributed by atoms with Crippen LogP contribution < -0.4 is 52.8 Å². The third-order valence-electron chi connectivity index (χ3n) is 19.8. The van der Waals surface area contributed by atoms with Crippen LogP contribution >= 0.6 is 11.6 Å². The second kappa shape index (κ2) is 52.7. The maximum atomic E-state index is 13.3. The first-order chi connectivity index (χ1) is 58.3. The van der Waals surface area contributed by atoms with E-state index in [0.717, 1.165) is 86.2 Å². The molecule has 37 heteroatoms. The van der Waals surface area contributed by atoms with Gasteiger partial charge in [-0.25, -0.2) is 9.97 Å². The summed E-state index contributed by atoms with van der Waals surface area (Å²) in [4.78, 5) is 118. The van der Waals surface area contributed by atoms with E-state index in [0.29, 0.717) is 148 Å². The molecule has 0 radical (unpaired) electrons. The predicted octanol–water partition coefficient (Wildman–Crippen LogP) is 4.53. The number of piperazine rings is 1. The number of halogens is 1. The number of aryl methyl sites for hydroxylation is 3. The van der Waals surface area contributed by atoms with Crippen molar-refractivity contribution in [2.75, 3.05) is 250 Å². The summed E-state index contributed by atoms with van der Waals surface area (Å²) in [6, 6.07) is 22.6. The number of nitrogens with one attached hydrogen (secondary N) is 9. The number of amides is 8. The number of hydrogen-bond donors (Lipinski definition) is 9. The smallest absolute Gasteiger partial charge is 0.291 e. The number of imidazole rings is 2. The molecule has 2 atom stereocenters. The van der Waals surface area contributed by atoms with Gasteiger partial charge in [-0.05, 0) is 116 Å². The first-order valence-electron chi connectivity index (χ1n) is 41.2. The number of nitrogens with zero attached hydrogens (tertiary/aromatic N) is 8. The van der Waals surface area contributed by atoms with Crippen molar-refractivity contribution in [3.8, 4) is 11.1 Å². The number of aromatic nitrogens is 5. The summed E-state index contributed by atoms with van der Waals surface area (Å²) in [6.45, 7) is 20.9. The highest BCUT2D eigenvalue weighted by Gasteiger charge is 2.33. The van der Waals surface area contributed by atoms with Crippen LogP contribution in [0.5, 0.6) is 0 Å². The third-order valence-corrected chi connectivity index (χ3v) is 20.1. The average molecular weight is 1700 g/mol. The number of carbonyl (C=O) groups excluding carboxylic acids is 8. The molecule has 2 saturated heterocycles. The van der Waals surface area contributed by atoms with Crippen molar-refractivity contribution in [2.45, 2.75) is 58.0 Å². The van der Waals surface area contributed by atoms with Crippen LogP contribution in [0.15, 0.2) is 91.4 Å². The minimum absolute atomic E-state index is 0.00443. The van der Waals surface area contributed by atoms with Crippen molar-refractivity contribution in [2.24, 2.45) is 27.1 Å². The molecule has 3 aliphatic heterocycles. The normalized spacial score (nSPS) is 15.1. The minimum Gasteiger partial charge on any atom is -0.378 e. The fraction of sp³-hybridized carbons (Fsp3) is 0.566. The van der Waals surface area contributed by atoms with Crippen LogP contribution in [0.1, 0.15) is 99.6 Å². The van der Waals surface area contributed by atoms with E-state index >= 15 is 0 Å². The molecule has 3 aromatic carbocycles. The van der Waals surface area contributed by atoms with E-state index in [2.05, 4.69) is 80.6 Å². The Morgan fingerprint density at radius 3 is 1.48 bits per heavy atom. The SMILES string of the molecule is CC(=O)N1c2ccc(-c3ccc(C(=O)NCCOCCOCCOCCOCCOCCOCCOCCOCCNC(=O)c4nc(NC(=O)CCNC(=O)c5cc(NC(=O)c6nc(NC(=O)CCNC(=O)COCCOCCOCCN7CCN(CC8CCNCC8)CC7)cn6C)cn5C)cn4C)cc3)cc2[C@H](Nc2ccc(Cl)cc2)C[C@H]1C. The quantitative estimate of drug-likeness (QED) is 0.0237. The van der Waals surface area contributed by atoms with Crippen molar-refractivity contribution in [3.05, 3.63) is 125 Å². The molecule has 6 aromatic rings. The second-order valence-corrected chi connectivity index (χ2v) is 29.5. The third kappa shape index (κ3) is 33.6. The molecule has 0 aliphatic carbocycles. The van der Waals surface area contributed by atoms with Crippen LogP contribution in [-0.4, -0.2) is 311 Å². The fourth-order valence-electron chi connectivity index (χ4n) is 13.6. The highest BCUT2D eigenvalue weighted by molar-refractivity contribution is 6.30. The Bertz CT molecular complexity index is 4140. The van der Waals surface area contributed by atoms with Gasteiger partial charge in [-0.2, -0.15) is 0 Å². The van der Waals surface area contributed by atoms with Crippen molar-refractivity contribution in [1.29, 1.82) is 0 Å². The molecule has 120 heavy (non-hydrogen) atoms. The van der Waals surface area contributed by atoms with Crippen LogP contribution in [0.25, 0.3) is 11.1 Å². The molecule has 0 bridgehead atoms. The molecule has 0 spiro atoms. The topological polar surface area (TPSA) is 397 Å². The van der Waals surface area contributed by atoms with Gasteiger partial charge in [-0.1, -0.05) is 29.8 Å². The number of benzene rings is 3. The molecular formula is C83H120ClN17O19. The highest BCUT2D eigenvalue weighted by Crippen LogP contribution is 2.41. The van der Waals surface area contributed by atoms with Gasteiger partial charge < -0.3 is 123 Å². The van der Waals surface area contributed by atoms with E-state index in [1.54, 1.807) is 40.2 Å². The number of anilines is 5. The zero-order chi connectivity index (χ0) is 85.1. The molecule has 0 unspecified atom stereocenters. The number of hydrogen-bond acceptors (Lipinski definition) is 25. The molecule has 8 amide bonds. The summed E-state index contributed by atoms with van der Waals surface area (Å²) >= 11 is 6.14. The first-order valence-corrected chi connectivity index (χ1v) is 41.5. The Labute approximate surface area is 706 Å². The summed E-state index contributed by atoms with van der Waals surface area (Å²) in [6.07, 6.45) is 7.61. The number of fused-ring (bicyclic) bond motifs is 1. The number of rotatable bonds is 56. The van der Waals surface area contributed by atoms with E-state index in [9.17, 15) is 38.4 Å². The monoisotopic (exact) mass is 1690 g/mol. The molecule has 658 valence electrons. The molecular weight excluding hydrogens is 1570 g/mol. The van der Waals surface area contributed by atoms with Gasteiger partial charge in [-0.3, -0.25) is 43.3 Å². The van der Waals surface area contributed by atoms with Gasteiger partial charge in [0.05, 0.1) is 150 Å². The van der Waals surface area contributed by atoms with Gasteiger partial charge >= 0.3 is 0 Å². The Morgan fingerprint density at radius 1 is 0.467 bits per heavy atom. The van der Waals surface area contributed by atoms with E-state index in [-0.39, 0.29) is 111 Å². The lowest BCUT2D eigenvalue weighted by Crippen LogP contribution is -2.49. The Balaban J connectivity index is 0.496. The van der Waals surface area contributed by atoms with Crippen LogP contribution in [0.3, 0.4) is 0 Å². The van der Waals surface area contributed by atoms with Crippen molar-refractivity contribution in [1.82, 2.24) is 60.1 Å². The lowest BCUT2D eigenvalue weighted by molar-refractivity contribution is -0.126. The van der Waals surface area contributed by atoms with Gasteiger partial charge in [0, 0.05) is 153 Å². The lowest BCUT2D eigenvalue weighted by Gasteiger charge is -2.39. The molecule has 9 N–H and O–H groups in total. The van der Waals surface area contributed by atoms with Crippen LogP contribution in [-0.2, 0) is 92.4 Å². The average Bonchev–Trinajstić information content (AvgIpc) is 0.997. The molecule has 9 rings (SSSR count). The zero-order valence-electron chi connectivity index (χ0n) is 69.7. The predicted molar refractivity (Wildman–Crippen MR) is 451 cm³/mol. The van der Waals surface area contributed by atoms with Gasteiger partial charge in [0.25, 0.3) is 23.6 Å². The number of carbonyl (C=O) groups is 8. The van der Waals surface area contributed by atoms with Crippen LogP contribution in [0, 0.1) is 5.92 Å².